The minimum Gasteiger partial charge on any atom is -0.477 e. The van der Waals surface area contributed by atoms with Gasteiger partial charge in [0.25, 0.3) is 0 Å². The summed E-state index contributed by atoms with van der Waals surface area (Å²) in [6, 6.07) is 10.8. The molecule has 2 heterocycles. The maximum absolute atomic E-state index is 11.4. The Morgan fingerprint density at radius 1 is 1.42 bits per heavy atom. The Morgan fingerprint density at radius 3 is 2.84 bits per heavy atom. The first-order valence-electron chi connectivity index (χ1n) is 5.67. The fourth-order valence-corrected chi connectivity index (χ4v) is 2.25. The number of imidazole rings is 1. The van der Waals surface area contributed by atoms with Gasteiger partial charge in [0.1, 0.15) is 11.8 Å². The van der Waals surface area contributed by atoms with Crippen molar-refractivity contribution in [3.05, 3.63) is 47.2 Å². The van der Waals surface area contributed by atoms with Crippen molar-refractivity contribution in [3.8, 4) is 6.07 Å². The number of nitriles is 1. The molecule has 3 rings (SSSR count). The van der Waals surface area contributed by atoms with E-state index in [4.69, 9.17) is 0 Å². The average molecular weight is 251 g/mol. The predicted molar refractivity (Wildman–Crippen MR) is 69.1 cm³/mol. The van der Waals surface area contributed by atoms with E-state index in [1.54, 1.807) is 19.1 Å². The zero-order valence-corrected chi connectivity index (χ0v) is 10.1. The average Bonchev–Trinajstić information content (AvgIpc) is 2.76. The molecule has 1 N–H and O–H groups in total. The summed E-state index contributed by atoms with van der Waals surface area (Å²) in [6.07, 6.45) is 0. The summed E-state index contributed by atoms with van der Waals surface area (Å²) in [5.41, 5.74) is 2.88. The maximum atomic E-state index is 11.4. The van der Waals surface area contributed by atoms with Gasteiger partial charge in [-0.15, -0.1) is 0 Å². The van der Waals surface area contributed by atoms with E-state index in [2.05, 4.69) is 11.1 Å². The van der Waals surface area contributed by atoms with E-state index in [0.717, 1.165) is 0 Å². The summed E-state index contributed by atoms with van der Waals surface area (Å²) in [7, 11) is 0. The van der Waals surface area contributed by atoms with E-state index in [1.807, 2.05) is 12.1 Å². The summed E-state index contributed by atoms with van der Waals surface area (Å²) in [5.74, 6) is -1.04. The molecule has 0 amide bonds. The number of carboxylic acids is 1. The number of carboxylic acid groups (broad SMARTS) is 1. The molecule has 92 valence electrons. The smallest absolute Gasteiger partial charge is 0.352 e. The molecule has 0 aliphatic rings. The van der Waals surface area contributed by atoms with Crippen molar-refractivity contribution >= 4 is 22.6 Å². The van der Waals surface area contributed by atoms with Gasteiger partial charge >= 0.3 is 5.97 Å². The SMILES string of the molecule is Cc1cc(C(=O)O)n2c(nc3ccccc32)c1C#N. The number of para-hydroxylation sites is 2. The molecule has 2 aromatic heterocycles. The normalized spacial score (nSPS) is 10.7. The molecule has 5 heteroatoms. The molecular weight excluding hydrogens is 242 g/mol. The zero-order chi connectivity index (χ0) is 13.6. The number of aryl methyl sites for hydroxylation is 1. The molecule has 0 atom stereocenters. The quantitative estimate of drug-likeness (QED) is 0.720. The van der Waals surface area contributed by atoms with Crippen LogP contribution in [0, 0.1) is 18.3 Å². The van der Waals surface area contributed by atoms with Crippen molar-refractivity contribution in [1.29, 1.82) is 5.26 Å². The first kappa shape index (κ1) is 11.2. The number of carbonyl (C=O) groups is 1. The number of rotatable bonds is 1. The molecule has 5 nitrogen and oxygen atoms in total. The fraction of sp³-hybridized carbons (Fsp3) is 0.0714. The second-order valence-electron chi connectivity index (χ2n) is 4.26. The molecule has 0 saturated heterocycles. The van der Waals surface area contributed by atoms with Gasteiger partial charge in [0.05, 0.1) is 16.6 Å². The Kier molecular flexibility index (Phi) is 2.26. The molecule has 0 spiro atoms. The lowest BCUT2D eigenvalue weighted by Crippen LogP contribution is -2.07. The second kappa shape index (κ2) is 3.82. The molecule has 0 fully saturated rings. The van der Waals surface area contributed by atoms with Crippen LogP contribution in [0.3, 0.4) is 0 Å². The number of benzene rings is 1. The van der Waals surface area contributed by atoms with Crippen LogP contribution >= 0.6 is 0 Å². The van der Waals surface area contributed by atoms with Crippen molar-refractivity contribution in [1.82, 2.24) is 9.38 Å². The van der Waals surface area contributed by atoms with Gasteiger partial charge < -0.3 is 5.11 Å². The van der Waals surface area contributed by atoms with Crippen LogP contribution in [0.2, 0.25) is 0 Å². The van der Waals surface area contributed by atoms with E-state index < -0.39 is 5.97 Å². The number of hydrogen-bond donors (Lipinski definition) is 1. The van der Waals surface area contributed by atoms with Gasteiger partial charge in [-0.1, -0.05) is 12.1 Å². The first-order valence-corrected chi connectivity index (χ1v) is 5.67. The highest BCUT2D eigenvalue weighted by atomic mass is 16.4. The highest BCUT2D eigenvalue weighted by Crippen LogP contribution is 2.23. The Bertz CT molecular complexity index is 872. The van der Waals surface area contributed by atoms with Crippen LogP contribution in [-0.2, 0) is 0 Å². The maximum Gasteiger partial charge on any atom is 0.352 e. The van der Waals surface area contributed by atoms with E-state index in [9.17, 15) is 15.2 Å². The Balaban J connectivity index is 2.65. The van der Waals surface area contributed by atoms with Crippen LogP contribution in [0.25, 0.3) is 16.7 Å². The summed E-state index contributed by atoms with van der Waals surface area (Å²) in [4.78, 5) is 15.7. The van der Waals surface area contributed by atoms with Crippen LogP contribution in [0.4, 0.5) is 0 Å². The second-order valence-corrected chi connectivity index (χ2v) is 4.26. The summed E-state index contributed by atoms with van der Waals surface area (Å²) < 4.78 is 1.52. The third-order valence-electron chi connectivity index (χ3n) is 3.10. The molecule has 0 radical (unpaired) electrons. The highest BCUT2D eigenvalue weighted by Gasteiger charge is 2.18. The largest absolute Gasteiger partial charge is 0.477 e. The Morgan fingerprint density at radius 2 is 2.16 bits per heavy atom. The van der Waals surface area contributed by atoms with E-state index in [1.165, 1.54) is 10.5 Å². The number of aromatic carboxylic acids is 1. The number of fused-ring (bicyclic) bond motifs is 3. The van der Waals surface area contributed by atoms with Gasteiger partial charge in [-0.05, 0) is 30.7 Å². The van der Waals surface area contributed by atoms with Gasteiger partial charge in [-0.3, -0.25) is 4.40 Å². The van der Waals surface area contributed by atoms with Crippen LogP contribution in [0.1, 0.15) is 21.6 Å². The van der Waals surface area contributed by atoms with E-state index >= 15 is 0 Å². The Hall–Kier alpha value is -2.87. The lowest BCUT2D eigenvalue weighted by atomic mass is 10.1. The van der Waals surface area contributed by atoms with Crippen molar-refractivity contribution in [2.75, 3.05) is 0 Å². The zero-order valence-electron chi connectivity index (χ0n) is 10.1. The lowest BCUT2D eigenvalue weighted by Gasteiger charge is -2.05. The van der Waals surface area contributed by atoms with Crippen molar-refractivity contribution in [3.63, 3.8) is 0 Å². The summed E-state index contributed by atoms with van der Waals surface area (Å²) >= 11 is 0. The molecule has 3 aromatic rings. The fourth-order valence-electron chi connectivity index (χ4n) is 2.25. The lowest BCUT2D eigenvalue weighted by molar-refractivity contribution is 0.0689. The number of pyridine rings is 1. The summed E-state index contributed by atoms with van der Waals surface area (Å²) in [6.45, 7) is 1.71. The molecule has 1 aromatic carbocycles. The molecule has 0 saturated carbocycles. The minimum absolute atomic E-state index is 0.111. The van der Waals surface area contributed by atoms with Crippen molar-refractivity contribution in [2.45, 2.75) is 6.92 Å². The number of aromatic nitrogens is 2. The Labute approximate surface area is 108 Å². The van der Waals surface area contributed by atoms with Gasteiger partial charge in [-0.25, -0.2) is 9.78 Å². The van der Waals surface area contributed by atoms with Gasteiger partial charge in [0.15, 0.2) is 5.65 Å². The predicted octanol–water partition coefficient (Wildman–Crippen LogP) is 2.37. The monoisotopic (exact) mass is 251 g/mol. The third kappa shape index (κ3) is 1.47. The summed E-state index contributed by atoms with van der Waals surface area (Å²) in [5, 5.41) is 18.5. The first-order chi connectivity index (χ1) is 9.13. The van der Waals surface area contributed by atoms with Crippen LogP contribution < -0.4 is 0 Å². The van der Waals surface area contributed by atoms with Crippen LogP contribution in [-0.4, -0.2) is 20.5 Å². The van der Waals surface area contributed by atoms with E-state index in [0.29, 0.717) is 27.8 Å². The topological polar surface area (TPSA) is 78.4 Å². The van der Waals surface area contributed by atoms with Crippen molar-refractivity contribution < 1.29 is 9.90 Å². The number of hydrogen-bond acceptors (Lipinski definition) is 3. The van der Waals surface area contributed by atoms with Gasteiger partial charge in [0.2, 0.25) is 0 Å². The molecule has 0 bridgehead atoms. The molecular formula is C14H9N3O2. The standard InChI is InChI=1S/C14H9N3O2/c1-8-6-12(14(18)19)17-11-5-3-2-4-10(11)16-13(17)9(8)7-15/h2-6H,1H3,(H,18,19). The minimum atomic E-state index is -1.04. The van der Waals surface area contributed by atoms with Gasteiger partial charge in [0, 0.05) is 0 Å². The van der Waals surface area contributed by atoms with Crippen molar-refractivity contribution in [2.24, 2.45) is 0 Å². The molecule has 0 aliphatic carbocycles. The molecule has 19 heavy (non-hydrogen) atoms. The van der Waals surface area contributed by atoms with E-state index in [-0.39, 0.29) is 5.69 Å². The molecule has 0 aliphatic heterocycles. The van der Waals surface area contributed by atoms with Gasteiger partial charge in [-0.2, -0.15) is 5.26 Å². The highest BCUT2D eigenvalue weighted by molar-refractivity contribution is 5.92. The third-order valence-corrected chi connectivity index (χ3v) is 3.10. The van der Waals surface area contributed by atoms with Crippen LogP contribution in [0.5, 0.6) is 0 Å². The van der Waals surface area contributed by atoms with Crippen LogP contribution in [0.15, 0.2) is 30.3 Å². The molecule has 0 unspecified atom stereocenters. The number of nitrogens with zero attached hydrogens (tertiary/aromatic N) is 3.